The van der Waals surface area contributed by atoms with Crippen molar-refractivity contribution in [3.8, 4) is 0 Å². The fourth-order valence-electron chi connectivity index (χ4n) is 2.01. The molecular formula is C12H21N3S2. The Morgan fingerprint density at radius 1 is 1.65 bits per heavy atom. The van der Waals surface area contributed by atoms with Gasteiger partial charge in [0.2, 0.25) is 0 Å². The van der Waals surface area contributed by atoms with Gasteiger partial charge < -0.3 is 5.32 Å². The first-order valence-electron chi connectivity index (χ1n) is 6.19. The first kappa shape index (κ1) is 13.3. The summed E-state index contributed by atoms with van der Waals surface area (Å²) >= 11 is 3.85. The van der Waals surface area contributed by atoms with Gasteiger partial charge in [-0.1, -0.05) is 6.92 Å². The Hall–Kier alpha value is -0.100. The van der Waals surface area contributed by atoms with Crippen molar-refractivity contribution in [2.45, 2.75) is 25.9 Å². The highest BCUT2D eigenvalue weighted by Crippen LogP contribution is 2.31. The molecule has 1 saturated heterocycles. The Labute approximate surface area is 112 Å². The molecule has 17 heavy (non-hydrogen) atoms. The van der Waals surface area contributed by atoms with Crippen LogP contribution in [0.5, 0.6) is 0 Å². The Bertz CT molecular complexity index is 353. The molecule has 2 unspecified atom stereocenters. The SMILES string of the molecule is CCNC(C)c1csc(C2CSCCN2C)n1. The van der Waals surface area contributed by atoms with Crippen molar-refractivity contribution in [1.82, 2.24) is 15.2 Å². The van der Waals surface area contributed by atoms with Crippen molar-refractivity contribution in [3.63, 3.8) is 0 Å². The summed E-state index contributed by atoms with van der Waals surface area (Å²) in [7, 11) is 2.21. The van der Waals surface area contributed by atoms with Crippen LogP contribution >= 0.6 is 23.1 Å². The van der Waals surface area contributed by atoms with Crippen LogP contribution in [-0.4, -0.2) is 41.5 Å². The lowest BCUT2D eigenvalue weighted by molar-refractivity contribution is 0.273. The van der Waals surface area contributed by atoms with E-state index in [0.717, 1.165) is 6.54 Å². The lowest BCUT2D eigenvalue weighted by Crippen LogP contribution is -2.32. The highest BCUT2D eigenvalue weighted by atomic mass is 32.2. The van der Waals surface area contributed by atoms with Gasteiger partial charge in [-0.05, 0) is 20.5 Å². The molecule has 1 aliphatic heterocycles. The predicted molar refractivity (Wildman–Crippen MR) is 76.9 cm³/mol. The number of nitrogens with zero attached hydrogens (tertiary/aromatic N) is 2. The summed E-state index contributed by atoms with van der Waals surface area (Å²) in [6.45, 7) is 6.48. The largest absolute Gasteiger partial charge is 0.309 e. The van der Waals surface area contributed by atoms with Crippen molar-refractivity contribution in [2.75, 3.05) is 31.6 Å². The van der Waals surface area contributed by atoms with E-state index in [1.54, 1.807) is 0 Å². The maximum atomic E-state index is 4.80. The fraction of sp³-hybridized carbons (Fsp3) is 0.750. The molecule has 1 N–H and O–H groups in total. The van der Waals surface area contributed by atoms with Crippen molar-refractivity contribution in [3.05, 3.63) is 16.1 Å². The molecule has 2 heterocycles. The van der Waals surface area contributed by atoms with E-state index in [2.05, 4.69) is 36.5 Å². The molecule has 0 aromatic carbocycles. The third kappa shape index (κ3) is 3.22. The second-order valence-corrected chi connectivity index (χ2v) is 6.50. The van der Waals surface area contributed by atoms with Gasteiger partial charge in [0.1, 0.15) is 5.01 Å². The van der Waals surface area contributed by atoms with Crippen LogP contribution in [0.1, 0.15) is 36.6 Å². The van der Waals surface area contributed by atoms with E-state index < -0.39 is 0 Å². The van der Waals surface area contributed by atoms with Gasteiger partial charge in [-0.3, -0.25) is 4.90 Å². The summed E-state index contributed by atoms with van der Waals surface area (Å²) in [6.07, 6.45) is 0. The summed E-state index contributed by atoms with van der Waals surface area (Å²) < 4.78 is 0. The molecule has 0 radical (unpaired) electrons. The number of hydrogen-bond donors (Lipinski definition) is 1. The summed E-state index contributed by atoms with van der Waals surface area (Å²) in [6, 6.07) is 0.882. The monoisotopic (exact) mass is 271 g/mol. The number of thiazole rings is 1. The summed E-state index contributed by atoms with van der Waals surface area (Å²) in [5, 5.41) is 6.90. The van der Waals surface area contributed by atoms with E-state index in [-0.39, 0.29) is 0 Å². The first-order valence-corrected chi connectivity index (χ1v) is 8.22. The van der Waals surface area contributed by atoms with Gasteiger partial charge in [-0.15, -0.1) is 11.3 Å². The smallest absolute Gasteiger partial charge is 0.111 e. The minimum Gasteiger partial charge on any atom is -0.309 e. The topological polar surface area (TPSA) is 28.2 Å². The summed E-state index contributed by atoms with van der Waals surface area (Å²) in [4.78, 5) is 7.23. The molecule has 2 atom stereocenters. The lowest BCUT2D eigenvalue weighted by Gasteiger charge is -2.30. The van der Waals surface area contributed by atoms with Crippen molar-refractivity contribution in [2.24, 2.45) is 0 Å². The quantitative estimate of drug-likeness (QED) is 0.911. The van der Waals surface area contributed by atoms with Crippen LogP contribution < -0.4 is 5.32 Å². The number of nitrogens with one attached hydrogen (secondary N) is 1. The maximum Gasteiger partial charge on any atom is 0.111 e. The molecule has 0 aliphatic carbocycles. The molecule has 1 aromatic rings. The second-order valence-electron chi connectivity index (χ2n) is 4.46. The number of rotatable bonds is 4. The Morgan fingerprint density at radius 3 is 3.18 bits per heavy atom. The summed E-state index contributed by atoms with van der Waals surface area (Å²) in [5.74, 6) is 2.43. The average Bonchev–Trinajstić information content (AvgIpc) is 2.79. The van der Waals surface area contributed by atoms with Gasteiger partial charge in [-0.25, -0.2) is 4.98 Å². The maximum absolute atomic E-state index is 4.80. The molecule has 0 amide bonds. The number of hydrogen-bond acceptors (Lipinski definition) is 5. The van der Waals surface area contributed by atoms with E-state index in [1.807, 2.05) is 23.1 Å². The first-order chi connectivity index (χ1) is 8.22. The molecule has 1 aliphatic rings. The molecule has 1 fully saturated rings. The molecule has 0 bridgehead atoms. The summed E-state index contributed by atoms with van der Waals surface area (Å²) in [5.41, 5.74) is 1.19. The Morgan fingerprint density at radius 2 is 2.47 bits per heavy atom. The molecule has 5 heteroatoms. The standard InChI is InChI=1S/C12H21N3S2/c1-4-13-9(2)10-7-17-12(14-10)11-8-16-6-5-15(11)3/h7,9,11,13H,4-6,8H2,1-3H3. The van der Waals surface area contributed by atoms with E-state index in [1.165, 1.54) is 28.8 Å². The van der Waals surface area contributed by atoms with Gasteiger partial charge in [0, 0.05) is 29.5 Å². The van der Waals surface area contributed by atoms with Crippen LogP contribution in [0.25, 0.3) is 0 Å². The Kier molecular flexibility index (Phi) is 4.85. The number of aromatic nitrogens is 1. The van der Waals surface area contributed by atoms with Crippen LogP contribution in [0.15, 0.2) is 5.38 Å². The van der Waals surface area contributed by atoms with Crippen LogP contribution in [0.4, 0.5) is 0 Å². The van der Waals surface area contributed by atoms with Crippen molar-refractivity contribution in [1.29, 1.82) is 0 Å². The third-order valence-electron chi connectivity index (χ3n) is 3.17. The van der Waals surface area contributed by atoms with E-state index in [4.69, 9.17) is 4.98 Å². The third-order valence-corrected chi connectivity index (χ3v) is 5.16. The molecule has 0 spiro atoms. The molecule has 96 valence electrons. The molecular weight excluding hydrogens is 250 g/mol. The van der Waals surface area contributed by atoms with Crippen LogP contribution in [0, 0.1) is 0 Å². The van der Waals surface area contributed by atoms with Gasteiger partial charge in [0.15, 0.2) is 0 Å². The average molecular weight is 271 g/mol. The highest BCUT2D eigenvalue weighted by molar-refractivity contribution is 7.99. The normalized spacial score (nSPS) is 23.8. The molecule has 3 nitrogen and oxygen atoms in total. The van der Waals surface area contributed by atoms with Crippen molar-refractivity contribution >= 4 is 23.1 Å². The fourth-order valence-corrected chi connectivity index (χ4v) is 4.41. The minimum atomic E-state index is 0.367. The van der Waals surface area contributed by atoms with Crippen LogP contribution in [0.2, 0.25) is 0 Å². The van der Waals surface area contributed by atoms with Crippen LogP contribution in [-0.2, 0) is 0 Å². The van der Waals surface area contributed by atoms with Gasteiger partial charge in [0.25, 0.3) is 0 Å². The zero-order valence-electron chi connectivity index (χ0n) is 10.8. The zero-order valence-corrected chi connectivity index (χ0v) is 12.4. The zero-order chi connectivity index (χ0) is 12.3. The molecule has 0 saturated carbocycles. The van der Waals surface area contributed by atoms with Gasteiger partial charge in [-0.2, -0.15) is 11.8 Å². The van der Waals surface area contributed by atoms with Crippen LogP contribution in [0.3, 0.4) is 0 Å². The van der Waals surface area contributed by atoms with Crippen molar-refractivity contribution < 1.29 is 0 Å². The predicted octanol–water partition coefficient (Wildman–Crippen LogP) is 2.53. The van der Waals surface area contributed by atoms with Gasteiger partial charge in [0.05, 0.1) is 11.7 Å². The van der Waals surface area contributed by atoms with E-state index >= 15 is 0 Å². The minimum absolute atomic E-state index is 0.367. The highest BCUT2D eigenvalue weighted by Gasteiger charge is 2.24. The van der Waals surface area contributed by atoms with Gasteiger partial charge >= 0.3 is 0 Å². The molecule has 1 aromatic heterocycles. The Balaban J connectivity index is 2.06. The molecule has 2 rings (SSSR count). The second kappa shape index (κ2) is 6.18. The van der Waals surface area contributed by atoms with E-state index in [0.29, 0.717) is 12.1 Å². The lowest BCUT2D eigenvalue weighted by atomic mass is 10.2. The van der Waals surface area contributed by atoms with E-state index in [9.17, 15) is 0 Å². The number of thioether (sulfide) groups is 1.